The van der Waals surface area contributed by atoms with Crippen molar-refractivity contribution >= 4 is 40.4 Å². The van der Waals surface area contributed by atoms with E-state index in [-0.39, 0.29) is 17.8 Å². The Morgan fingerprint density at radius 2 is 0.718 bits per heavy atom. The second kappa shape index (κ2) is 37.2. The van der Waals surface area contributed by atoms with Gasteiger partial charge in [-0.15, -0.1) is 0 Å². The molecule has 39 heavy (non-hydrogen) atoms. The van der Waals surface area contributed by atoms with Crippen LogP contribution in [0.25, 0.3) is 0 Å². The van der Waals surface area contributed by atoms with Crippen LogP contribution in [0.5, 0.6) is 0 Å². The number of carboxylic acids is 3. The zero-order chi connectivity index (χ0) is 30.9. The predicted molar refractivity (Wildman–Crippen MR) is 168 cm³/mol. The Morgan fingerprint density at radius 3 is 0.923 bits per heavy atom. The fourth-order valence-electron chi connectivity index (χ4n) is 3.78. The molecule has 0 spiro atoms. The van der Waals surface area contributed by atoms with Crippen LogP contribution in [-0.4, -0.2) is 55.8 Å². The Balaban J connectivity index is -0.000000210. The van der Waals surface area contributed by atoms with Gasteiger partial charge in [-0.05, 0) is 38.5 Å². The van der Waals surface area contributed by atoms with Crippen molar-refractivity contribution in [1.29, 1.82) is 0 Å². The number of aliphatic carboxylic acids is 3. The van der Waals surface area contributed by atoms with Crippen LogP contribution < -0.4 is 0 Å². The first-order valence-corrected chi connectivity index (χ1v) is 18.3. The molecule has 0 aromatic heterocycles. The Kier molecular flexibility index (Phi) is 43.1. The van der Waals surface area contributed by atoms with Gasteiger partial charge in [0.25, 0.3) is 0 Å². The van der Waals surface area contributed by atoms with Gasteiger partial charge in [0.15, 0.2) is 0 Å². The Hall–Kier alpha value is -0.791. The maximum atomic E-state index is 10.4. The molecule has 3 atom stereocenters. The molecule has 0 aliphatic heterocycles. The SMILES string of the molecule is CCCCC(CC)C(=O)O.CCCCC(CC)C(=O)O.CCCCC(CC)C(=O)O.CCCCCCC[CH2][SnH]. The number of carboxylic acid groups (broad SMARTS) is 3. The normalized spacial score (nSPS) is 12.3. The van der Waals surface area contributed by atoms with Crippen molar-refractivity contribution in [3.05, 3.63) is 0 Å². The van der Waals surface area contributed by atoms with Crippen molar-refractivity contribution in [1.82, 2.24) is 0 Å². The first kappa shape index (κ1) is 45.2. The number of hydrogen-bond acceptors (Lipinski definition) is 3. The summed E-state index contributed by atoms with van der Waals surface area (Å²) >= 11 is 1.46. The van der Waals surface area contributed by atoms with Crippen molar-refractivity contribution < 1.29 is 29.7 Å². The van der Waals surface area contributed by atoms with E-state index in [1.807, 2.05) is 20.8 Å². The average molecular weight is 666 g/mol. The molecule has 0 aromatic carbocycles. The minimum atomic E-state index is -0.643. The van der Waals surface area contributed by atoms with Gasteiger partial charge >= 0.3 is 90.3 Å². The van der Waals surface area contributed by atoms with Gasteiger partial charge in [-0.2, -0.15) is 0 Å². The maximum absolute atomic E-state index is 10.4. The first-order chi connectivity index (χ1) is 18.6. The monoisotopic (exact) mass is 666 g/mol. The summed E-state index contributed by atoms with van der Waals surface area (Å²) in [6, 6.07) is 0. The number of hydrogen-bond donors (Lipinski definition) is 3. The van der Waals surface area contributed by atoms with Crippen molar-refractivity contribution in [2.24, 2.45) is 17.8 Å². The second-order valence-corrected chi connectivity index (χ2v) is 12.0. The number of unbranched alkanes of at least 4 members (excludes halogenated alkanes) is 8. The van der Waals surface area contributed by atoms with E-state index >= 15 is 0 Å². The molecule has 0 bridgehead atoms. The molecule has 0 saturated heterocycles. The standard InChI is InChI=1S/3C8H16O2.C8H17.Sn.H/c3*1-3-5-6-7(4-2)8(9)10;1-3-5-7-8-6-4-2;;/h3*7H,3-6H2,1-2H3,(H,9,10);1,3-8H2,2H3;;. The third-order valence-electron chi connectivity index (χ3n) is 6.80. The second-order valence-electron chi connectivity index (χ2n) is 10.3. The third kappa shape index (κ3) is 37.2. The topological polar surface area (TPSA) is 112 Å². The van der Waals surface area contributed by atoms with Crippen LogP contribution in [0, 0.1) is 17.8 Å². The number of carbonyl (C=O) groups is 3. The molecular weight excluding hydrogens is 599 g/mol. The van der Waals surface area contributed by atoms with Crippen LogP contribution in [0.15, 0.2) is 0 Å². The van der Waals surface area contributed by atoms with Crippen molar-refractivity contribution in [2.45, 2.75) is 168 Å². The molecule has 2 radical (unpaired) electrons. The Labute approximate surface area is 255 Å². The summed E-state index contributed by atoms with van der Waals surface area (Å²) in [6.07, 6.45) is 19.9. The van der Waals surface area contributed by atoms with E-state index in [0.717, 1.165) is 77.0 Å². The molecule has 7 heteroatoms. The summed E-state index contributed by atoms with van der Waals surface area (Å²) < 4.78 is 1.50. The van der Waals surface area contributed by atoms with Crippen molar-refractivity contribution in [3.63, 3.8) is 0 Å². The van der Waals surface area contributed by atoms with Gasteiger partial charge in [-0.1, -0.05) is 80.1 Å². The summed E-state index contributed by atoms with van der Waals surface area (Å²) in [5.74, 6) is -2.26. The molecule has 0 saturated carbocycles. The Bertz CT molecular complexity index is 459. The fraction of sp³-hybridized carbons (Fsp3) is 0.906. The van der Waals surface area contributed by atoms with Crippen LogP contribution in [0.1, 0.15) is 164 Å². The quantitative estimate of drug-likeness (QED) is 0.0832. The van der Waals surface area contributed by atoms with Gasteiger partial charge in [0.2, 0.25) is 0 Å². The van der Waals surface area contributed by atoms with Crippen LogP contribution in [-0.2, 0) is 14.4 Å². The Morgan fingerprint density at radius 1 is 0.462 bits per heavy atom. The molecule has 234 valence electrons. The van der Waals surface area contributed by atoms with E-state index in [2.05, 4.69) is 27.7 Å². The van der Waals surface area contributed by atoms with Gasteiger partial charge in [0.1, 0.15) is 0 Å². The molecule has 0 aliphatic carbocycles. The van der Waals surface area contributed by atoms with Crippen LogP contribution >= 0.6 is 0 Å². The summed E-state index contributed by atoms with van der Waals surface area (Å²) in [7, 11) is 0. The fourth-order valence-corrected chi connectivity index (χ4v) is 4.61. The molecule has 0 rings (SSSR count). The van der Waals surface area contributed by atoms with E-state index in [1.54, 1.807) is 0 Å². The van der Waals surface area contributed by atoms with E-state index in [4.69, 9.17) is 15.3 Å². The predicted octanol–water partition coefficient (Wildman–Crippen LogP) is 9.53. The van der Waals surface area contributed by atoms with E-state index < -0.39 is 17.9 Å². The molecule has 0 fully saturated rings. The van der Waals surface area contributed by atoms with E-state index in [0.29, 0.717) is 0 Å². The molecule has 3 N–H and O–H groups in total. The van der Waals surface area contributed by atoms with Crippen molar-refractivity contribution in [2.75, 3.05) is 0 Å². The molecule has 0 amide bonds. The zero-order valence-corrected chi connectivity index (χ0v) is 30.1. The molecule has 0 aromatic rings. The molecule has 3 unspecified atom stereocenters. The summed E-state index contributed by atoms with van der Waals surface area (Å²) in [5.41, 5.74) is 0. The molecule has 6 nitrogen and oxygen atoms in total. The van der Waals surface area contributed by atoms with Crippen LogP contribution in [0.4, 0.5) is 0 Å². The van der Waals surface area contributed by atoms with Crippen molar-refractivity contribution in [3.8, 4) is 0 Å². The summed E-state index contributed by atoms with van der Waals surface area (Å²) in [4.78, 5) is 31.3. The van der Waals surface area contributed by atoms with E-state index in [1.165, 1.54) is 65.5 Å². The molecular formula is C32H66O6Sn. The van der Waals surface area contributed by atoms with Gasteiger partial charge in [0.05, 0.1) is 17.8 Å². The van der Waals surface area contributed by atoms with E-state index in [9.17, 15) is 14.4 Å². The number of rotatable bonds is 21. The molecule has 0 heterocycles. The van der Waals surface area contributed by atoms with Gasteiger partial charge < -0.3 is 15.3 Å². The van der Waals surface area contributed by atoms with Gasteiger partial charge in [-0.25, -0.2) is 0 Å². The summed E-state index contributed by atoms with van der Waals surface area (Å²) in [5, 5.41) is 25.8. The van der Waals surface area contributed by atoms with Gasteiger partial charge in [0, 0.05) is 0 Å². The first-order valence-electron chi connectivity index (χ1n) is 16.0. The summed E-state index contributed by atoms with van der Waals surface area (Å²) in [6.45, 7) is 14.3. The van der Waals surface area contributed by atoms with Crippen LogP contribution in [0.3, 0.4) is 0 Å². The third-order valence-corrected chi connectivity index (χ3v) is 7.97. The minimum absolute atomic E-state index is 0.111. The molecule has 0 aliphatic rings. The zero-order valence-electron chi connectivity index (χ0n) is 26.8. The average Bonchev–Trinajstić information content (AvgIpc) is 2.90. The van der Waals surface area contributed by atoms with Gasteiger partial charge in [-0.3, -0.25) is 14.4 Å². The van der Waals surface area contributed by atoms with Crippen LogP contribution in [0.2, 0.25) is 4.44 Å².